The lowest BCUT2D eigenvalue weighted by Gasteiger charge is -2.20. The Morgan fingerprint density at radius 1 is 1.28 bits per heavy atom. The molecule has 0 amide bonds. The lowest BCUT2D eigenvalue weighted by molar-refractivity contribution is 0.414. The Kier molecular flexibility index (Phi) is 3.62. The fourth-order valence-electron chi connectivity index (χ4n) is 1.73. The fourth-order valence-corrected chi connectivity index (χ4v) is 1.73. The van der Waals surface area contributed by atoms with Gasteiger partial charge in [-0.25, -0.2) is 9.97 Å². The minimum atomic E-state index is 0.480. The van der Waals surface area contributed by atoms with Crippen LogP contribution in [0.1, 0.15) is 5.82 Å². The van der Waals surface area contributed by atoms with Gasteiger partial charge in [0.1, 0.15) is 17.4 Å². The summed E-state index contributed by atoms with van der Waals surface area (Å²) >= 11 is 0. The summed E-state index contributed by atoms with van der Waals surface area (Å²) in [7, 11) is 3.62. The van der Waals surface area contributed by atoms with Gasteiger partial charge < -0.3 is 15.4 Å². The molecule has 1 aromatic heterocycles. The van der Waals surface area contributed by atoms with E-state index in [-0.39, 0.29) is 0 Å². The average Bonchev–Trinajstić information content (AvgIpc) is 2.38. The molecular weight excluding hydrogens is 228 g/mol. The molecule has 2 aromatic rings. The summed E-state index contributed by atoms with van der Waals surface area (Å²) in [5.41, 5.74) is 6.63. The molecule has 0 unspecified atom stereocenters. The van der Waals surface area contributed by atoms with Gasteiger partial charge in [-0.1, -0.05) is 12.1 Å². The van der Waals surface area contributed by atoms with Crippen LogP contribution in [0.3, 0.4) is 0 Å². The molecule has 2 N–H and O–H groups in total. The highest BCUT2D eigenvalue weighted by Crippen LogP contribution is 2.27. The highest BCUT2D eigenvalue weighted by Gasteiger charge is 2.09. The molecule has 0 aliphatic rings. The minimum absolute atomic E-state index is 0.480. The average molecular weight is 244 g/mol. The minimum Gasteiger partial charge on any atom is -0.495 e. The first-order valence-electron chi connectivity index (χ1n) is 5.62. The number of ether oxygens (including phenoxy) is 1. The number of aromatic nitrogens is 2. The summed E-state index contributed by atoms with van der Waals surface area (Å²) in [6.07, 6.45) is 1.66. The van der Waals surface area contributed by atoms with E-state index in [0.29, 0.717) is 18.2 Å². The number of benzene rings is 1. The van der Waals surface area contributed by atoms with Crippen molar-refractivity contribution >= 4 is 11.5 Å². The SMILES string of the molecule is COc1ccccc1N(C)Cc1nccc(N)n1. The van der Waals surface area contributed by atoms with Gasteiger partial charge in [0.25, 0.3) is 0 Å². The van der Waals surface area contributed by atoms with Crippen LogP contribution in [-0.4, -0.2) is 24.1 Å². The van der Waals surface area contributed by atoms with Gasteiger partial charge in [-0.2, -0.15) is 0 Å². The molecule has 0 fully saturated rings. The van der Waals surface area contributed by atoms with Crippen molar-refractivity contribution in [1.29, 1.82) is 0 Å². The van der Waals surface area contributed by atoms with Crippen molar-refractivity contribution < 1.29 is 4.74 Å². The van der Waals surface area contributed by atoms with Gasteiger partial charge in [0.05, 0.1) is 19.3 Å². The summed E-state index contributed by atoms with van der Waals surface area (Å²) in [6.45, 7) is 0.575. The van der Waals surface area contributed by atoms with Gasteiger partial charge in [0.15, 0.2) is 0 Å². The smallest absolute Gasteiger partial charge is 0.149 e. The number of nitrogen functional groups attached to an aromatic ring is 1. The van der Waals surface area contributed by atoms with E-state index in [1.807, 2.05) is 36.2 Å². The number of hydrogen-bond acceptors (Lipinski definition) is 5. The molecule has 0 bridgehead atoms. The van der Waals surface area contributed by atoms with Gasteiger partial charge >= 0.3 is 0 Å². The van der Waals surface area contributed by atoms with Crippen molar-refractivity contribution in [3.63, 3.8) is 0 Å². The third kappa shape index (κ3) is 2.68. The Labute approximate surface area is 106 Å². The molecule has 0 radical (unpaired) electrons. The Balaban J connectivity index is 2.19. The molecule has 1 heterocycles. The summed E-state index contributed by atoms with van der Waals surface area (Å²) in [5, 5.41) is 0. The molecule has 5 nitrogen and oxygen atoms in total. The Morgan fingerprint density at radius 2 is 2.06 bits per heavy atom. The zero-order valence-electron chi connectivity index (χ0n) is 10.5. The van der Waals surface area contributed by atoms with E-state index in [1.54, 1.807) is 19.4 Å². The standard InChI is InChI=1S/C13H16N4O/c1-17(9-13-15-8-7-12(14)16-13)10-5-3-4-6-11(10)18-2/h3-8H,9H2,1-2H3,(H2,14,15,16). The molecule has 5 heteroatoms. The molecule has 2 rings (SSSR count). The highest BCUT2D eigenvalue weighted by molar-refractivity contribution is 5.57. The van der Waals surface area contributed by atoms with Crippen LogP contribution in [-0.2, 0) is 6.54 Å². The van der Waals surface area contributed by atoms with E-state index >= 15 is 0 Å². The molecular formula is C13H16N4O. The normalized spacial score (nSPS) is 10.1. The number of hydrogen-bond donors (Lipinski definition) is 1. The van der Waals surface area contributed by atoms with E-state index in [9.17, 15) is 0 Å². The first-order valence-corrected chi connectivity index (χ1v) is 5.62. The maximum absolute atomic E-state index is 5.63. The largest absolute Gasteiger partial charge is 0.495 e. The molecule has 94 valence electrons. The van der Waals surface area contributed by atoms with E-state index in [2.05, 4.69) is 9.97 Å². The van der Waals surface area contributed by atoms with Crippen molar-refractivity contribution in [3.05, 3.63) is 42.4 Å². The number of para-hydroxylation sites is 2. The predicted molar refractivity (Wildman–Crippen MR) is 71.5 cm³/mol. The summed E-state index contributed by atoms with van der Waals surface area (Å²) in [5.74, 6) is 1.99. The number of nitrogens with zero attached hydrogens (tertiary/aromatic N) is 3. The van der Waals surface area contributed by atoms with Crippen LogP contribution < -0.4 is 15.4 Å². The first kappa shape index (κ1) is 12.2. The maximum atomic E-state index is 5.63. The van der Waals surface area contributed by atoms with Gasteiger partial charge in [-0.05, 0) is 18.2 Å². The van der Waals surface area contributed by atoms with Crippen molar-refractivity contribution in [1.82, 2.24) is 9.97 Å². The van der Waals surface area contributed by atoms with Gasteiger partial charge in [0.2, 0.25) is 0 Å². The zero-order valence-corrected chi connectivity index (χ0v) is 10.5. The van der Waals surface area contributed by atoms with Crippen LogP contribution in [0.5, 0.6) is 5.75 Å². The van der Waals surface area contributed by atoms with E-state index < -0.39 is 0 Å². The summed E-state index contributed by atoms with van der Waals surface area (Å²) in [4.78, 5) is 10.4. The van der Waals surface area contributed by atoms with Crippen molar-refractivity contribution in [2.24, 2.45) is 0 Å². The van der Waals surface area contributed by atoms with Crippen LogP contribution in [0.2, 0.25) is 0 Å². The Bertz CT molecular complexity index is 530. The van der Waals surface area contributed by atoms with Crippen LogP contribution in [0.4, 0.5) is 11.5 Å². The summed E-state index contributed by atoms with van der Waals surface area (Å²) < 4.78 is 5.32. The van der Waals surface area contributed by atoms with Gasteiger partial charge in [0, 0.05) is 13.2 Å². The van der Waals surface area contributed by atoms with Crippen LogP contribution in [0, 0.1) is 0 Å². The van der Waals surface area contributed by atoms with Gasteiger partial charge in [-0.3, -0.25) is 0 Å². The second kappa shape index (κ2) is 5.35. The summed E-state index contributed by atoms with van der Waals surface area (Å²) in [6, 6.07) is 9.49. The molecule has 1 aromatic carbocycles. The van der Waals surface area contributed by atoms with Crippen LogP contribution in [0.15, 0.2) is 36.5 Å². The highest BCUT2D eigenvalue weighted by atomic mass is 16.5. The Hall–Kier alpha value is -2.30. The number of methoxy groups -OCH3 is 1. The second-order valence-corrected chi connectivity index (χ2v) is 3.93. The molecule has 18 heavy (non-hydrogen) atoms. The molecule has 0 aliphatic heterocycles. The second-order valence-electron chi connectivity index (χ2n) is 3.93. The van der Waals surface area contributed by atoms with Crippen LogP contribution in [0.25, 0.3) is 0 Å². The van der Waals surface area contributed by atoms with Crippen LogP contribution >= 0.6 is 0 Å². The fraction of sp³-hybridized carbons (Fsp3) is 0.231. The lowest BCUT2D eigenvalue weighted by atomic mass is 10.2. The monoisotopic (exact) mass is 244 g/mol. The zero-order chi connectivity index (χ0) is 13.0. The molecule has 0 saturated carbocycles. The molecule has 0 atom stereocenters. The number of rotatable bonds is 4. The van der Waals surface area contributed by atoms with Crippen molar-refractivity contribution in [2.75, 3.05) is 24.8 Å². The maximum Gasteiger partial charge on any atom is 0.149 e. The van der Waals surface area contributed by atoms with E-state index in [1.165, 1.54) is 0 Å². The molecule has 0 aliphatic carbocycles. The lowest BCUT2D eigenvalue weighted by Crippen LogP contribution is -2.19. The van der Waals surface area contributed by atoms with E-state index in [0.717, 1.165) is 11.4 Å². The Morgan fingerprint density at radius 3 is 2.78 bits per heavy atom. The number of anilines is 2. The van der Waals surface area contributed by atoms with E-state index in [4.69, 9.17) is 10.5 Å². The van der Waals surface area contributed by atoms with Crippen molar-refractivity contribution in [2.45, 2.75) is 6.54 Å². The molecule has 0 spiro atoms. The number of nitrogens with two attached hydrogens (primary N) is 1. The predicted octanol–water partition coefficient (Wildman–Crippen LogP) is 1.70. The third-order valence-corrected chi connectivity index (χ3v) is 2.60. The quantitative estimate of drug-likeness (QED) is 0.886. The topological polar surface area (TPSA) is 64.3 Å². The molecule has 0 saturated heterocycles. The first-order chi connectivity index (χ1) is 8.70. The van der Waals surface area contributed by atoms with Crippen molar-refractivity contribution in [3.8, 4) is 5.75 Å². The van der Waals surface area contributed by atoms with Gasteiger partial charge in [-0.15, -0.1) is 0 Å². The third-order valence-electron chi connectivity index (χ3n) is 2.60.